The van der Waals surface area contributed by atoms with Crippen LogP contribution < -0.4 is 4.74 Å². The number of likely N-dealkylation sites (tertiary alicyclic amines) is 1. The van der Waals surface area contributed by atoms with Crippen molar-refractivity contribution in [2.75, 3.05) is 26.2 Å². The van der Waals surface area contributed by atoms with Gasteiger partial charge in [0.2, 0.25) is 5.91 Å². The van der Waals surface area contributed by atoms with E-state index < -0.39 is 0 Å². The van der Waals surface area contributed by atoms with Crippen LogP contribution in [0.25, 0.3) is 0 Å². The van der Waals surface area contributed by atoms with Crippen LogP contribution in [0.3, 0.4) is 0 Å². The minimum absolute atomic E-state index is 0.00805. The van der Waals surface area contributed by atoms with E-state index in [2.05, 4.69) is 9.88 Å². The molecule has 7 heteroatoms. The van der Waals surface area contributed by atoms with Gasteiger partial charge in [-0.15, -0.1) is 0 Å². The largest absolute Gasteiger partial charge is 0.492 e. The predicted octanol–water partition coefficient (Wildman–Crippen LogP) is 3.13. The standard InChI is InChI=1S/C22H27FN4O2/c1-16(28)27-10-3-2-4-21(27)22-24-14-17-15-26(11-9-20(17)25-22)12-13-29-19-7-5-18(23)6-8-19/h5-8,14,21H,2-4,9-13,15H2,1H3/t21-/m1/s1. The van der Waals surface area contributed by atoms with E-state index in [-0.39, 0.29) is 17.8 Å². The lowest BCUT2D eigenvalue weighted by molar-refractivity contribution is -0.132. The number of benzene rings is 1. The molecular weight excluding hydrogens is 371 g/mol. The van der Waals surface area contributed by atoms with E-state index in [0.717, 1.165) is 68.9 Å². The molecule has 1 aromatic heterocycles. The van der Waals surface area contributed by atoms with E-state index in [1.807, 2.05) is 11.1 Å². The molecule has 1 fully saturated rings. The Bertz CT molecular complexity index is 858. The van der Waals surface area contributed by atoms with Gasteiger partial charge in [0.1, 0.15) is 18.2 Å². The van der Waals surface area contributed by atoms with Crippen LogP contribution in [0.4, 0.5) is 4.39 Å². The fourth-order valence-electron chi connectivity index (χ4n) is 4.14. The number of halogens is 1. The predicted molar refractivity (Wildman–Crippen MR) is 107 cm³/mol. The van der Waals surface area contributed by atoms with Gasteiger partial charge >= 0.3 is 0 Å². The molecule has 2 aromatic rings. The smallest absolute Gasteiger partial charge is 0.220 e. The quantitative estimate of drug-likeness (QED) is 0.775. The lowest BCUT2D eigenvalue weighted by Crippen LogP contribution is -2.38. The third-order valence-electron chi connectivity index (χ3n) is 5.73. The van der Waals surface area contributed by atoms with Gasteiger partial charge in [-0.25, -0.2) is 14.4 Å². The number of aromatic nitrogens is 2. The lowest BCUT2D eigenvalue weighted by atomic mass is 10.0. The Morgan fingerprint density at radius 3 is 2.86 bits per heavy atom. The fourth-order valence-corrected chi connectivity index (χ4v) is 4.14. The number of carbonyl (C=O) groups is 1. The summed E-state index contributed by atoms with van der Waals surface area (Å²) in [7, 11) is 0. The Labute approximate surface area is 170 Å². The van der Waals surface area contributed by atoms with Crippen LogP contribution >= 0.6 is 0 Å². The van der Waals surface area contributed by atoms with Gasteiger partial charge < -0.3 is 9.64 Å². The topological polar surface area (TPSA) is 58.6 Å². The summed E-state index contributed by atoms with van der Waals surface area (Å²) in [6.07, 6.45) is 5.89. The van der Waals surface area contributed by atoms with E-state index in [4.69, 9.17) is 9.72 Å². The summed E-state index contributed by atoms with van der Waals surface area (Å²) in [6.45, 7) is 5.47. The van der Waals surface area contributed by atoms with E-state index in [1.54, 1.807) is 19.1 Å². The summed E-state index contributed by atoms with van der Waals surface area (Å²) in [4.78, 5) is 25.7. The van der Waals surface area contributed by atoms with Crippen molar-refractivity contribution in [1.29, 1.82) is 0 Å². The van der Waals surface area contributed by atoms with Crippen molar-refractivity contribution in [3.63, 3.8) is 0 Å². The normalized spacial score (nSPS) is 19.7. The van der Waals surface area contributed by atoms with Gasteiger partial charge in [0.05, 0.1) is 6.04 Å². The zero-order chi connectivity index (χ0) is 20.2. The molecule has 1 amide bonds. The number of hydrogen-bond donors (Lipinski definition) is 0. The monoisotopic (exact) mass is 398 g/mol. The molecule has 1 saturated heterocycles. The minimum atomic E-state index is -0.260. The first-order chi connectivity index (χ1) is 14.1. The summed E-state index contributed by atoms with van der Waals surface area (Å²) in [5, 5.41) is 0. The molecule has 6 nitrogen and oxygen atoms in total. The first kappa shape index (κ1) is 19.8. The molecule has 154 valence electrons. The van der Waals surface area contributed by atoms with Gasteiger partial charge in [-0.3, -0.25) is 9.69 Å². The summed E-state index contributed by atoms with van der Waals surface area (Å²) >= 11 is 0. The van der Waals surface area contributed by atoms with E-state index in [9.17, 15) is 9.18 Å². The molecule has 4 rings (SSSR count). The third kappa shape index (κ3) is 4.72. The number of ether oxygens (including phenoxy) is 1. The molecule has 0 radical (unpaired) electrons. The van der Waals surface area contributed by atoms with Gasteiger partial charge in [-0.05, 0) is 43.5 Å². The highest BCUT2D eigenvalue weighted by Gasteiger charge is 2.29. The lowest BCUT2D eigenvalue weighted by Gasteiger charge is -2.35. The Morgan fingerprint density at radius 1 is 1.24 bits per heavy atom. The second-order valence-corrected chi connectivity index (χ2v) is 7.75. The van der Waals surface area contributed by atoms with Gasteiger partial charge in [0.15, 0.2) is 5.82 Å². The molecule has 0 saturated carbocycles. The van der Waals surface area contributed by atoms with Crippen LogP contribution in [-0.4, -0.2) is 51.9 Å². The van der Waals surface area contributed by atoms with Crippen molar-refractivity contribution in [2.24, 2.45) is 0 Å². The zero-order valence-electron chi connectivity index (χ0n) is 16.8. The number of hydrogen-bond acceptors (Lipinski definition) is 5. The highest BCUT2D eigenvalue weighted by Crippen LogP contribution is 2.30. The number of carbonyl (C=O) groups excluding carboxylic acids is 1. The minimum Gasteiger partial charge on any atom is -0.492 e. The van der Waals surface area contributed by atoms with Crippen molar-refractivity contribution in [3.05, 3.63) is 53.4 Å². The molecule has 0 bridgehead atoms. The highest BCUT2D eigenvalue weighted by atomic mass is 19.1. The second kappa shape index (κ2) is 8.86. The van der Waals surface area contributed by atoms with Crippen LogP contribution in [0.5, 0.6) is 5.75 Å². The van der Waals surface area contributed by atoms with Gasteiger partial charge in [-0.2, -0.15) is 0 Å². The van der Waals surface area contributed by atoms with E-state index in [1.165, 1.54) is 12.1 Å². The maximum Gasteiger partial charge on any atom is 0.220 e. The van der Waals surface area contributed by atoms with Crippen LogP contribution in [0.1, 0.15) is 49.3 Å². The molecule has 29 heavy (non-hydrogen) atoms. The van der Waals surface area contributed by atoms with Crippen LogP contribution in [0.15, 0.2) is 30.5 Å². The van der Waals surface area contributed by atoms with Gasteiger partial charge in [-0.1, -0.05) is 0 Å². The Morgan fingerprint density at radius 2 is 2.07 bits per heavy atom. The van der Waals surface area contributed by atoms with Crippen LogP contribution in [0.2, 0.25) is 0 Å². The Hall–Kier alpha value is -2.54. The highest BCUT2D eigenvalue weighted by molar-refractivity contribution is 5.73. The van der Waals surface area contributed by atoms with Crippen molar-refractivity contribution < 1.29 is 13.9 Å². The first-order valence-electron chi connectivity index (χ1n) is 10.3. The number of nitrogens with zero attached hydrogens (tertiary/aromatic N) is 4. The molecule has 2 aliphatic rings. The molecule has 1 aromatic carbocycles. The van der Waals surface area contributed by atoms with Gasteiger partial charge in [0.25, 0.3) is 0 Å². The molecule has 0 N–H and O–H groups in total. The zero-order valence-corrected chi connectivity index (χ0v) is 16.8. The summed E-state index contributed by atoms with van der Waals surface area (Å²) in [6, 6.07) is 6.10. The van der Waals surface area contributed by atoms with Crippen molar-refractivity contribution in [3.8, 4) is 5.75 Å². The Kier molecular flexibility index (Phi) is 6.04. The van der Waals surface area contributed by atoms with Gasteiger partial charge in [0, 0.05) is 57.0 Å². The van der Waals surface area contributed by atoms with Crippen LogP contribution in [-0.2, 0) is 17.8 Å². The maximum atomic E-state index is 13.0. The molecule has 2 aliphatic heterocycles. The van der Waals surface area contributed by atoms with Crippen molar-refractivity contribution in [1.82, 2.24) is 19.8 Å². The van der Waals surface area contributed by atoms with E-state index in [0.29, 0.717) is 12.4 Å². The number of amides is 1. The molecule has 0 aliphatic carbocycles. The third-order valence-corrected chi connectivity index (χ3v) is 5.73. The number of piperidine rings is 1. The van der Waals surface area contributed by atoms with E-state index >= 15 is 0 Å². The van der Waals surface area contributed by atoms with Crippen molar-refractivity contribution >= 4 is 5.91 Å². The fraction of sp³-hybridized carbons (Fsp3) is 0.500. The molecule has 0 unspecified atom stereocenters. The van der Waals surface area contributed by atoms with Crippen molar-refractivity contribution in [2.45, 2.75) is 45.2 Å². The maximum absolute atomic E-state index is 13.0. The molecular formula is C22H27FN4O2. The second-order valence-electron chi connectivity index (χ2n) is 7.75. The molecule has 1 atom stereocenters. The number of rotatable bonds is 5. The summed E-state index contributed by atoms with van der Waals surface area (Å²) < 4.78 is 18.7. The van der Waals surface area contributed by atoms with Crippen LogP contribution in [0, 0.1) is 5.82 Å². The SMILES string of the molecule is CC(=O)N1CCCC[C@@H]1c1ncc2c(n1)CCN(CCOc1ccc(F)cc1)C2. The molecule has 3 heterocycles. The summed E-state index contributed by atoms with van der Waals surface area (Å²) in [5.74, 6) is 1.30. The Balaban J connectivity index is 1.35. The first-order valence-corrected chi connectivity index (χ1v) is 10.3. The average Bonchev–Trinajstić information content (AvgIpc) is 2.74. The number of fused-ring (bicyclic) bond motifs is 1. The summed E-state index contributed by atoms with van der Waals surface area (Å²) in [5.41, 5.74) is 2.24. The average molecular weight is 398 g/mol. The molecule has 0 spiro atoms.